The van der Waals surface area contributed by atoms with Crippen molar-refractivity contribution in [3.63, 3.8) is 0 Å². The number of hydrogen-bond donors (Lipinski definition) is 1. The Hall–Kier alpha value is -1.94. The molecule has 2 N–H and O–H groups in total. The van der Waals surface area contributed by atoms with E-state index in [0.717, 1.165) is 17.0 Å². The highest BCUT2D eigenvalue weighted by Crippen LogP contribution is 2.22. The highest BCUT2D eigenvalue weighted by molar-refractivity contribution is 5.86. The van der Waals surface area contributed by atoms with Crippen molar-refractivity contribution in [3.05, 3.63) is 41.2 Å². The van der Waals surface area contributed by atoms with Crippen molar-refractivity contribution >= 4 is 16.6 Å². The summed E-state index contributed by atoms with van der Waals surface area (Å²) in [4.78, 5) is 0. The number of aromatic nitrogens is 3. The molecular formula is C13H14N4. The lowest BCUT2D eigenvalue weighted by atomic mass is 10.1. The van der Waals surface area contributed by atoms with Gasteiger partial charge in [0.25, 0.3) is 0 Å². The average Bonchev–Trinajstić information content (AvgIpc) is 2.72. The molecule has 0 fully saturated rings. The van der Waals surface area contributed by atoms with E-state index in [1.165, 1.54) is 16.5 Å². The Bertz CT molecular complexity index is 712. The number of pyridine rings is 1. The van der Waals surface area contributed by atoms with Crippen LogP contribution in [0.25, 0.3) is 16.6 Å². The van der Waals surface area contributed by atoms with Crippen LogP contribution in [0.15, 0.2) is 24.3 Å². The van der Waals surface area contributed by atoms with Crippen molar-refractivity contribution in [1.82, 2.24) is 14.6 Å². The zero-order valence-electron chi connectivity index (χ0n) is 9.94. The van der Waals surface area contributed by atoms with Crippen LogP contribution in [0, 0.1) is 13.8 Å². The van der Waals surface area contributed by atoms with Crippen molar-refractivity contribution in [2.75, 3.05) is 0 Å². The molecule has 2 aromatic heterocycles. The lowest BCUT2D eigenvalue weighted by Gasteiger charge is -2.07. The summed E-state index contributed by atoms with van der Waals surface area (Å²) in [6, 6.07) is 8.44. The minimum absolute atomic E-state index is 0.396. The maximum Gasteiger partial charge on any atom is 0.161 e. The van der Waals surface area contributed by atoms with E-state index in [9.17, 15) is 0 Å². The van der Waals surface area contributed by atoms with Crippen LogP contribution in [-0.2, 0) is 6.54 Å². The Labute approximate surface area is 99.1 Å². The van der Waals surface area contributed by atoms with Gasteiger partial charge in [-0.15, -0.1) is 10.2 Å². The maximum absolute atomic E-state index is 5.70. The molecule has 0 saturated heterocycles. The van der Waals surface area contributed by atoms with Gasteiger partial charge in [-0.2, -0.15) is 0 Å². The zero-order chi connectivity index (χ0) is 12.0. The second-order valence-corrected chi connectivity index (χ2v) is 4.36. The predicted molar refractivity (Wildman–Crippen MR) is 67.9 cm³/mol. The van der Waals surface area contributed by atoms with Crippen molar-refractivity contribution in [1.29, 1.82) is 0 Å². The summed E-state index contributed by atoms with van der Waals surface area (Å²) in [7, 11) is 0. The highest BCUT2D eigenvalue weighted by atomic mass is 15.3. The number of hydrogen-bond acceptors (Lipinski definition) is 3. The molecular weight excluding hydrogens is 212 g/mol. The van der Waals surface area contributed by atoms with E-state index in [1.807, 2.05) is 10.5 Å². The van der Waals surface area contributed by atoms with Gasteiger partial charge in [-0.1, -0.05) is 11.6 Å². The topological polar surface area (TPSA) is 56.2 Å². The first kappa shape index (κ1) is 10.2. The van der Waals surface area contributed by atoms with Gasteiger partial charge in [0.1, 0.15) is 0 Å². The van der Waals surface area contributed by atoms with Crippen LogP contribution in [0.1, 0.15) is 17.0 Å². The summed E-state index contributed by atoms with van der Waals surface area (Å²) >= 11 is 0. The summed E-state index contributed by atoms with van der Waals surface area (Å²) in [5.41, 5.74) is 10.1. The number of aryl methyl sites for hydroxylation is 2. The van der Waals surface area contributed by atoms with Gasteiger partial charge in [-0.3, -0.25) is 4.40 Å². The van der Waals surface area contributed by atoms with Crippen LogP contribution in [-0.4, -0.2) is 14.6 Å². The van der Waals surface area contributed by atoms with Gasteiger partial charge in [0.15, 0.2) is 11.5 Å². The van der Waals surface area contributed by atoms with E-state index in [-0.39, 0.29) is 0 Å². The Morgan fingerprint density at radius 3 is 2.76 bits per heavy atom. The molecule has 0 spiro atoms. The molecule has 0 aliphatic heterocycles. The minimum Gasteiger partial charge on any atom is -0.324 e. The molecule has 3 aromatic rings. The molecule has 1 aromatic carbocycles. The van der Waals surface area contributed by atoms with Crippen LogP contribution >= 0.6 is 0 Å². The fourth-order valence-electron chi connectivity index (χ4n) is 2.25. The van der Waals surface area contributed by atoms with E-state index in [1.54, 1.807) is 0 Å². The predicted octanol–water partition coefficient (Wildman–Crippen LogP) is 1.96. The third kappa shape index (κ3) is 1.41. The van der Waals surface area contributed by atoms with Crippen molar-refractivity contribution < 1.29 is 0 Å². The van der Waals surface area contributed by atoms with Gasteiger partial charge in [0.2, 0.25) is 0 Å². The minimum atomic E-state index is 0.396. The molecule has 0 unspecified atom stereocenters. The van der Waals surface area contributed by atoms with Crippen LogP contribution in [0.4, 0.5) is 0 Å². The number of benzene rings is 1. The monoisotopic (exact) mass is 226 g/mol. The Balaban J connectivity index is 2.56. The Kier molecular flexibility index (Phi) is 2.12. The van der Waals surface area contributed by atoms with Crippen molar-refractivity contribution in [2.24, 2.45) is 5.73 Å². The molecule has 2 heterocycles. The van der Waals surface area contributed by atoms with Crippen LogP contribution in [0.3, 0.4) is 0 Å². The standard InChI is InChI=1S/C13H14N4/c1-8-3-4-11-10(5-8)9(2)6-12-15-16-13(7-14)17(11)12/h3-6H,7,14H2,1-2H3. The van der Waals surface area contributed by atoms with E-state index < -0.39 is 0 Å². The molecule has 0 atom stereocenters. The summed E-state index contributed by atoms with van der Waals surface area (Å²) in [6.07, 6.45) is 0. The quantitative estimate of drug-likeness (QED) is 0.690. The lowest BCUT2D eigenvalue weighted by Crippen LogP contribution is -2.03. The highest BCUT2D eigenvalue weighted by Gasteiger charge is 2.09. The molecule has 0 aliphatic rings. The Morgan fingerprint density at radius 2 is 2.00 bits per heavy atom. The molecule has 0 aliphatic carbocycles. The van der Waals surface area contributed by atoms with Crippen molar-refractivity contribution in [2.45, 2.75) is 20.4 Å². The molecule has 17 heavy (non-hydrogen) atoms. The first-order valence-corrected chi connectivity index (χ1v) is 5.65. The molecule has 0 bridgehead atoms. The second-order valence-electron chi connectivity index (χ2n) is 4.36. The fourth-order valence-corrected chi connectivity index (χ4v) is 2.25. The second kappa shape index (κ2) is 3.53. The number of rotatable bonds is 1. The molecule has 0 saturated carbocycles. The van der Waals surface area contributed by atoms with Gasteiger partial charge >= 0.3 is 0 Å². The zero-order valence-corrected chi connectivity index (χ0v) is 9.94. The van der Waals surface area contributed by atoms with Gasteiger partial charge in [-0.25, -0.2) is 0 Å². The Morgan fingerprint density at radius 1 is 1.18 bits per heavy atom. The molecule has 86 valence electrons. The molecule has 0 amide bonds. The largest absolute Gasteiger partial charge is 0.324 e. The lowest BCUT2D eigenvalue weighted by molar-refractivity contribution is 0.894. The molecule has 3 rings (SSSR count). The van der Waals surface area contributed by atoms with Crippen molar-refractivity contribution in [3.8, 4) is 0 Å². The number of nitrogens with two attached hydrogens (primary N) is 1. The molecule has 0 radical (unpaired) electrons. The summed E-state index contributed by atoms with van der Waals surface area (Å²) < 4.78 is 2.03. The molecule has 4 nitrogen and oxygen atoms in total. The first-order chi connectivity index (χ1) is 8.20. The van der Waals surface area contributed by atoms with Gasteiger partial charge in [-0.05, 0) is 37.6 Å². The van der Waals surface area contributed by atoms with Gasteiger partial charge in [0, 0.05) is 5.39 Å². The third-order valence-electron chi connectivity index (χ3n) is 3.10. The average molecular weight is 226 g/mol. The maximum atomic E-state index is 5.70. The molecule has 4 heteroatoms. The summed E-state index contributed by atoms with van der Waals surface area (Å²) in [6.45, 7) is 4.59. The van der Waals surface area contributed by atoms with E-state index >= 15 is 0 Å². The smallest absolute Gasteiger partial charge is 0.161 e. The van der Waals surface area contributed by atoms with E-state index in [4.69, 9.17) is 5.73 Å². The third-order valence-corrected chi connectivity index (χ3v) is 3.10. The van der Waals surface area contributed by atoms with Crippen LogP contribution < -0.4 is 5.73 Å². The van der Waals surface area contributed by atoms with Crippen LogP contribution in [0.5, 0.6) is 0 Å². The number of nitrogens with zero attached hydrogens (tertiary/aromatic N) is 3. The van der Waals surface area contributed by atoms with E-state index in [0.29, 0.717) is 6.54 Å². The van der Waals surface area contributed by atoms with Gasteiger partial charge in [0.05, 0.1) is 12.1 Å². The summed E-state index contributed by atoms with van der Waals surface area (Å²) in [5, 5.41) is 9.50. The fraction of sp³-hybridized carbons (Fsp3) is 0.231. The first-order valence-electron chi connectivity index (χ1n) is 5.65. The normalized spacial score (nSPS) is 11.5. The van der Waals surface area contributed by atoms with Gasteiger partial charge < -0.3 is 5.73 Å². The number of fused-ring (bicyclic) bond motifs is 3. The van der Waals surface area contributed by atoms with E-state index in [2.05, 4.69) is 42.2 Å². The SMILES string of the molecule is Cc1ccc2c(c1)c(C)cc1nnc(CN)n12. The summed E-state index contributed by atoms with van der Waals surface area (Å²) in [5.74, 6) is 0.800. The van der Waals surface area contributed by atoms with Crippen LogP contribution in [0.2, 0.25) is 0 Å².